The quantitative estimate of drug-likeness (QED) is 0.851. The Kier molecular flexibility index (Phi) is 5.26. The molecule has 106 valence electrons. The summed E-state index contributed by atoms with van der Waals surface area (Å²) in [7, 11) is 0. The number of rotatable bonds is 5. The van der Waals surface area contributed by atoms with Crippen LogP contribution in [-0.4, -0.2) is 23.1 Å². The summed E-state index contributed by atoms with van der Waals surface area (Å²) in [6, 6.07) is 8.19. The van der Waals surface area contributed by atoms with Crippen LogP contribution in [-0.2, 0) is 0 Å². The van der Waals surface area contributed by atoms with Gasteiger partial charge in [0.2, 0.25) is 0 Å². The molecule has 0 aromatic heterocycles. The fourth-order valence-electron chi connectivity index (χ4n) is 3.41. The smallest absolute Gasteiger partial charge is 0.120 e. The number of likely N-dealkylation sites (tertiary alicyclic amines) is 1. The number of piperidine rings is 1. The minimum Gasteiger partial charge on any atom is -0.508 e. The maximum Gasteiger partial charge on any atom is 0.120 e. The van der Waals surface area contributed by atoms with Gasteiger partial charge in [-0.05, 0) is 44.3 Å². The molecule has 19 heavy (non-hydrogen) atoms. The van der Waals surface area contributed by atoms with Crippen molar-refractivity contribution in [2.75, 3.05) is 13.1 Å². The number of aromatic hydroxyl groups is 1. The molecule has 0 radical (unpaired) electrons. The number of phenolic OH excluding ortho intramolecular Hbond substituents is 1. The molecule has 1 heterocycles. The van der Waals surface area contributed by atoms with E-state index in [0.29, 0.717) is 11.8 Å². The van der Waals surface area contributed by atoms with E-state index >= 15 is 0 Å². The van der Waals surface area contributed by atoms with Crippen LogP contribution in [0.15, 0.2) is 24.3 Å². The first-order valence-corrected chi connectivity index (χ1v) is 7.78. The Morgan fingerprint density at radius 1 is 1.21 bits per heavy atom. The van der Waals surface area contributed by atoms with Crippen LogP contribution in [0.4, 0.5) is 0 Å². The van der Waals surface area contributed by atoms with Crippen LogP contribution < -0.4 is 0 Å². The number of hydrogen-bond acceptors (Lipinski definition) is 2. The van der Waals surface area contributed by atoms with Gasteiger partial charge in [-0.15, -0.1) is 0 Å². The zero-order valence-electron chi connectivity index (χ0n) is 12.3. The third-order valence-corrected chi connectivity index (χ3v) is 4.47. The molecule has 1 atom stereocenters. The summed E-state index contributed by atoms with van der Waals surface area (Å²) < 4.78 is 0. The summed E-state index contributed by atoms with van der Waals surface area (Å²) in [6.45, 7) is 6.85. The van der Waals surface area contributed by atoms with Gasteiger partial charge in [0.15, 0.2) is 0 Å². The monoisotopic (exact) mass is 261 g/mol. The standard InChI is InChI=1S/C17H27NO/c1-3-7-14-10-12-18(13-11-14)16(4-2)15-8-5-6-9-17(15)19/h5-6,8-9,14,16,19H,3-4,7,10-13H2,1-2H3. The summed E-state index contributed by atoms with van der Waals surface area (Å²) in [4.78, 5) is 2.56. The van der Waals surface area contributed by atoms with Gasteiger partial charge in [0.1, 0.15) is 5.75 Å². The average molecular weight is 261 g/mol. The molecular formula is C17H27NO. The fourth-order valence-corrected chi connectivity index (χ4v) is 3.41. The number of benzene rings is 1. The Morgan fingerprint density at radius 3 is 2.47 bits per heavy atom. The van der Waals surface area contributed by atoms with Crippen LogP contribution in [0.25, 0.3) is 0 Å². The molecule has 2 rings (SSSR count). The zero-order valence-corrected chi connectivity index (χ0v) is 12.3. The SMILES string of the molecule is CCCC1CCN(C(CC)c2ccccc2O)CC1. The van der Waals surface area contributed by atoms with Crippen molar-refractivity contribution in [2.45, 2.75) is 52.0 Å². The van der Waals surface area contributed by atoms with Gasteiger partial charge in [-0.3, -0.25) is 4.90 Å². The van der Waals surface area contributed by atoms with Gasteiger partial charge < -0.3 is 5.11 Å². The van der Waals surface area contributed by atoms with Gasteiger partial charge in [-0.25, -0.2) is 0 Å². The van der Waals surface area contributed by atoms with Gasteiger partial charge in [-0.2, -0.15) is 0 Å². The van der Waals surface area contributed by atoms with Gasteiger partial charge in [0.25, 0.3) is 0 Å². The Bertz CT molecular complexity index is 383. The maximum absolute atomic E-state index is 10.1. The van der Waals surface area contributed by atoms with E-state index in [1.54, 1.807) is 0 Å². The van der Waals surface area contributed by atoms with E-state index in [9.17, 15) is 5.11 Å². The Morgan fingerprint density at radius 2 is 1.89 bits per heavy atom. The molecule has 1 aromatic rings. The minimum absolute atomic E-state index is 0.378. The molecule has 1 aliphatic heterocycles. The molecule has 1 unspecified atom stereocenters. The molecule has 0 amide bonds. The van der Waals surface area contributed by atoms with Crippen LogP contribution in [0.3, 0.4) is 0 Å². The molecule has 1 aliphatic rings. The average Bonchev–Trinajstić information content (AvgIpc) is 2.44. The highest BCUT2D eigenvalue weighted by Gasteiger charge is 2.25. The van der Waals surface area contributed by atoms with Crippen molar-refractivity contribution in [1.82, 2.24) is 4.90 Å². The number of phenols is 1. The third-order valence-electron chi connectivity index (χ3n) is 4.47. The van der Waals surface area contributed by atoms with E-state index in [4.69, 9.17) is 0 Å². The largest absolute Gasteiger partial charge is 0.508 e. The van der Waals surface area contributed by atoms with Crippen molar-refractivity contribution in [3.63, 3.8) is 0 Å². The highest BCUT2D eigenvalue weighted by Crippen LogP contribution is 2.34. The Labute approximate surface area is 117 Å². The first kappa shape index (κ1) is 14.4. The molecule has 1 N–H and O–H groups in total. The van der Waals surface area contributed by atoms with E-state index in [-0.39, 0.29) is 0 Å². The Hall–Kier alpha value is -1.02. The molecule has 1 fully saturated rings. The predicted molar refractivity (Wildman–Crippen MR) is 80.3 cm³/mol. The van der Waals surface area contributed by atoms with Gasteiger partial charge in [0, 0.05) is 11.6 Å². The van der Waals surface area contributed by atoms with Gasteiger partial charge >= 0.3 is 0 Å². The van der Waals surface area contributed by atoms with E-state index in [1.165, 1.54) is 38.8 Å². The van der Waals surface area contributed by atoms with E-state index in [1.807, 2.05) is 18.2 Å². The summed E-state index contributed by atoms with van der Waals surface area (Å²) >= 11 is 0. The second-order valence-corrected chi connectivity index (χ2v) is 5.75. The van der Waals surface area contributed by atoms with Gasteiger partial charge in [0.05, 0.1) is 0 Å². The van der Waals surface area contributed by atoms with Crippen LogP contribution >= 0.6 is 0 Å². The first-order valence-electron chi connectivity index (χ1n) is 7.78. The summed E-state index contributed by atoms with van der Waals surface area (Å²) in [6.07, 6.45) is 6.38. The number of hydrogen-bond donors (Lipinski definition) is 1. The van der Waals surface area contributed by atoms with Crippen molar-refractivity contribution < 1.29 is 5.11 Å². The normalized spacial score (nSPS) is 19.5. The van der Waals surface area contributed by atoms with E-state index in [0.717, 1.165) is 17.9 Å². The third kappa shape index (κ3) is 3.50. The highest BCUT2D eigenvalue weighted by atomic mass is 16.3. The van der Waals surface area contributed by atoms with Crippen LogP contribution in [0.5, 0.6) is 5.75 Å². The van der Waals surface area contributed by atoms with Crippen LogP contribution in [0.1, 0.15) is 57.6 Å². The molecular weight excluding hydrogens is 234 g/mol. The number of nitrogens with zero attached hydrogens (tertiary/aromatic N) is 1. The fraction of sp³-hybridized carbons (Fsp3) is 0.647. The first-order chi connectivity index (χ1) is 9.26. The lowest BCUT2D eigenvalue weighted by atomic mass is 9.90. The van der Waals surface area contributed by atoms with Crippen molar-refractivity contribution >= 4 is 0 Å². The zero-order chi connectivity index (χ0) is 13.7. The molecule has 2 nitrogen and oxygen atoms in total. The summed E-state index contributed by atoms with van der Waals surface area (Å²) in [5.74, 6) is 1.37. The molecule has 0 saturated carbocycles. The van der Waals surface area contributed by atoms with Crippen molar-refractivity contribution in [1.29, 1.82) is 0 Å². The van der Waals surface area contributed by atoms with E-state index < -0.39 is 0 Å². The second kappa shape index (κ2) is 6.95. The lowest BCUT2D eigenvalue weighted by Gasteiger charge is -2.37. The number of para-hydroxylation sites is 1. The topological polar surface area (TPSA) is 23.5 Å². The predicted octanol–water partition coefficient (Wildman–Crippen LogP) is 4.36. The Balaban J connectivity index is 2.02. The molecule has 0 bridgehead atoms. The second-order valence-electron chi connectivity index (χ2n) is 5.75. The minimum atomic E-state index is 0.378. The van der Waals surface area contributed by atoms with Gasteiger partial charge in [-0.1, -0.05) is 44.9 Å². The lowest BCUT2D eigenvalue weighted by molar-refractivity contribution is 0.124. The van der Waals surface area contributed by atoms with E-state index in [2.05, 4.69) is 24.8 Å². The molecule has 1 aromatic carbocycles. The molecule has 1 saturated heterocycles. The summed E-state index contributed by atoms with van der Waals surface area (Å²) in [5.41, 5.74) is 1.10. The van der Waals surface area contributed by atoms with Crippen molar-refractivity contribution in [2.24, 2.45) is 5.92 Å². The van der Waals surface area contributed by atoms with Crippen molar-refractivity contribution in [3.05, 3.63) is 29.8 Å². The highest BCUT2D eigenvalue weighted by molar-refractivity contribution is 5.34. The van der Waals surface area contributed by atoms with Crippen molar-refractivity contribution in [3.8, 4) is 5.75 Å². The summed E-state index contributed by atoms with van der Waals surface area (Å²) in [5, 5.41) is 10.1. The molecule has 0 spiro atoms. The maximum atomic E-state index is 10.1. The molecule has 0 aliphatic carbocycles. The van der Waals surface area contributed by atoms with Crippen LogP contribution in [0.2, 0.25) is 0 Å². The van der Waals surface area contributed by atoms with Crippen LogP contribution in [0, 0.1) is 5.92 Å². The lowest BCUT2D eigenvalue weighted by Crippen LogP contribution is -2.36. The molecule has 2 heteroatoms.